The number of aromatic hydroxyl groups is 2. The Labute approximate surface area is 132 Å². The Morgan fingerprint density at radius 1 is 0.957 bits per heavy atom. The van der Waals surface area contributed by atoms with E-state index in [0.717, 1.165) is 0 Å². The molecule has 0 aliphatic rings. The van der Waals surface area contributed by atoms with E-state index < -0.39 is 26.5 Å². The Balaban J connectivity index is 2.32. The van der Waals surface area contributed by atoms with Gasteiger partial charge in [0.05, 0.1) is 5.69 Å². The van der Waals surface area contributed by atoms with Crippen molar-refractivity contribution in [2.24, 2.45) is 0 Å². The first-order valence-corrected chi connectivity index (χ1v) is 8.04. The van der Waals surface area contributed by atoms with Crippen molar-refractivity contribution in [3.8, 4) is 22.6 Å². The fourth-order valence-corrected chi connectivity index (χ4v) is 3.13. The van der Waals surface area contributed by atoms with Gasteiger partial charge in [-0.1, -0.05) is 24.3 Å². The first kappa shape index (κ1) is 15.1. The van der Waals surface area contributed by atoms with Crippen LogP contribution in [0.2, 0.25) is 0 Å². The number of hydrogen-bond donors (Lipinski definition) is 4. The number of rotatable bonds is 2. The lowest BCUT2D eigenvalue weighted by Crippen LogP contribution is -2.03. The van der Waals surface area contributed by atoms with Gasteiger partial charge < -0.3 is 15.9 Å². The number of benzene rings is 3. The molecule has 118 valence electrons. The van der Waals surface area contributed by atoms with Crippen molar-refractivity contribution in [1.82, 2.24) is 0 Å². The quantitative estimate of drug-likeness (QED) is 0.325. The summed E-state index contributed by atoms with van der Waals surface area (Å²) in [5, 5.41) is 20.7. The van der Waals surface area contributed by atoms with Crippen LogP contribution in [0.5, 0.6) is 11.5 Å². The molecule has 0 amide bonds. The molecular formula is C16H13NO5S. The molecule has 0 aliphatic carbocycles. The minimum Gasteiger partial charge on any atom is -0.507 e. The molecule has 7 heteroatoms. The Hall–Kier alpha value is -2.77. The van der Waals surface area contributed by atoms with Gasteiger partial charge in [0.1, 0.15) is 16.4 Å². The fourth-order valence-electron chi connectivity index (χ4n) is 2.48. The standard InChI is InChI=1S/C16H13NO5S/c17-15-14(23(20,21)22)8-10-7-9(5-6-12(10)16(15)19)11-3-1-2-4-13(11)18/h1-8,18-19H,17H2,(H,20,21,22). The summed E-state index contributed by atoms with van der Waals surface area (Å²) >= 11 is 0. The molecule has 5 N–H and O–H groups in total. The number of hydrogen-bond acceptors (Lipinski definition) is 5. The molecular weight excluding hydrogens is 318 g/mol. The molecule has 6 nitrogen and oxygen atoms in total. The molecule has 0 aliphatic heterocycles. The van der Waals surface area contributed by atoms with Crippen LogP contribution in [0.1, 0.15) is 0 Å². The third-order valence-corrected chi connectivity index (χ3v) is 4.50. The summed E-state index contributed by atoms with van der Waals surface area (Å²) in [4.78, 5) is -0.558. The van der Waals surface area contributed by atoms with Crippen molar-refractivity contribution in [2.75, 3.05) is 5.73 Å². The van der Waals surface area contributed by atoms with E-state index in [-0.39, 0.29) is 5.75 Å². The number of anilines is 1. The number of fused-ring (bicyclic) bond motifs is 1. The second-order valence-electron chi connectivity index (χ2n) is 5.07. The highest BCUT2D eigenvalue weighted by Crippen LogP contribution is 2.39. The van der Waals surface area contributed by atoms with E-state index in [0.29, 0.717) is 21.9 Å². The zero-order chi connectivity index (χ0) is 16.8. The maximum Gasteiger partial charge on any atom is 0.296 e. The van der Waals surface area contributed by atoms with Crippen LogP contribution in [-0.4, -0.2) is 23.2 Å². The van der Waals surface area contributed by atoms with Crippen LogP contribution in [0.3, 0.4) is 0 Å². The smallest absolute Gasteiger partial charge is 0.296 e. The molecule has 3 rings (SSSR count). The van der Waals surface area contributed by atoms with Crippen LogP contribution in [0.15, 0.2) is 53.4 Å². The largest absolute Gasteiger partial charge is 0.507 e. The van der Waals surface area contributed by atoms with Crippen molar-refractivity contribution in [2.45, 2.75) is 4.90 Å². The number of phenols is 2. The molecule has 0 spiro atoms. The van der Waals surface area contributed by atoms with E-state index in [4.69, 9.17) is 5.73 Å². The van der Waals surface area contributed by atoms with Gasteiger partial charge in [-0.15, -0.1) is 0 Å². The highest BCUT2D eigenvalue weighted by atomic mass is 32.2. The van der Waals surface area contributed by atoms with Crippen LogP contribution < -0.4 is 5.73 Å². The van der Waals surface area contributed by atoms with Crippen LogP contribution in [0.4, 0.5) is 5.69 Å². The van der Waals surface area contributed by atoms with Gasteiger partial charge in [-0.3, -0.25) is 4.55 Å². The molecule has 0 unspecified atom stereocenters. The maximum atomic E-state index is 11.4. The van der Waals surface area contributed by atoms with Gasteiger partial charge in [0.2, 0.25) is 0 Å². The Kier molecular flexibility index (Phi) is 3.39. The minimum atomic E-state index is -4.57. The zero-order valence-electron chi connectivity index (χ0n) is 11.8. The van der Waals surface area contributed by atoms with Crippen LogP contribution >= 0.6 is 0 Å². The lowest BCUT2D eigenvalue weighted by Gasteiger charge is -2.11. The van der Waals surface area contributed by atoms with Crippen molar-refractivity contribution >= 4 is 26.6 Å². The first-order chi connectivity index (χ1) is 10.8. The third-order valence-electron chi connectivity index (χ3n) is 3.61. The summed E-state index contributed by atoms with van der Waals surface area (Å²) < 4.78 is 32.0. The number of para-hydroxylation sites is 1. The van der Waals surface area contributed by atoms with Crippen LogP contribution in [-0.2, 0) is 10.1 Å². The van der Waals surface area contributed by atoms with Gasteiger partial charge in [0.25, 0.3) is 10.1 Å². The molecule has 0 atom stereocenters. The third kappa shape index (κ3) is 2.56. The monoisotopic (exact) mass is 331 g/mol. The maximum absolute atomic E-state index is 11.4. The molecule has 0 radical (unpaired) electrons. The normalized spacial score (nSPS) is 11.7. The summed E-state index contributed by atoms with van der Waals surface area (Å²) in [6.45, 7) is 0. The van der Waals surface area contributed by atoms with Gasteiger partial charge in [-0.05, 0) is 35.2 Å². The Morgan fingerprint density at radius 3 is 2.30 bits per heavy atom. The molecule has 0 fully saturated rings. The summed E-state index contributed by atoms with van der Waals surface area (Å²) in [7, 11) is -4.57. The summed E-state index contributed by atoms with van der Waals surface area (Å²) in [6, 6.07) is 12.7. The molecule has 23 heavy (non-hydrogen) atoms. The molecule has 3 aromatic rings. The van der Waals surface area contributed by atoms with Crippen molar-refractivity contribution in [3.05, 3.63) is 48.5 Å². The van der Waals surface area contributed by atoms with Gasteiger partial charge in [0, 0.05) is 10.9 Å². The van der Waals surface area contributed by atoms with E-state index in [1.54, 1.807) is 36.4 Å². The highest BCUT2D eigenvalue weighted by molar-refractivity contribution is 7.86. The molecule has 0 heterocycles. The molecule has 0 bridgehead atoms. The van der Waals surface area contributed by atoms with Crippen molar-refractivity contribution < 1.29 is 23.2 Å². The van der Waals surface area contributed by atoms with E-state index in [1.165, 1.54) is 12.1 Å². The Morgan fingerprint density at radius 2 is 1.65 bits per heavy atom. The SMILES string of the molecule is Nc1c(S(=O)(=O)O)cc2cc(-c3ccccc3O)ccc2c1O. The molecule has 0 saturated carbocycles. The molecule has 0 saturated heterocycles. The second-order valence-corrected chi connectivity index (χ2v) is 6.46. The lowest BCUT2D eigenvalue weighted by molar-refractivity contribution is 0.473. The van der Waals surface area contributed by atoms with Gasteiger partial charge in [-0.25, -0.2) is 0 Å². The second kappa shape index (κ2) is 5.15. The minimum absolute atomic E-state index is 0.0709. The average molecular weight is 331 g/mol. The summed E-state index contributed by atoms with van der Waals surface area (Å²) in [5.74, 6) is -0.347. The number of nitrogen functional groups attached to an aromatic ring is 1. The summed E-state index contributed by atoms with van der Waals surface area (Å²) in [6.07, 6.45) is 0. The van der Waals surface area contributed by atoms with Crippen LogP contribution in [0, 0.1) is 0 Å². The summed E-state index contributed by atoms with van der Waals surface area (Å²) in [5.41, 5.74) is 6.35. The van der Waals surface area contributed by atoms with Gasteiger partial charge in [0.15, 0.2) is 0 Å². The van der Waals surface area contributed by atoms with Crippen LogP contribution in [0.25, 0.3) is 21.9 Å². The molecule has 3 aromatic carbocycles. The lowest BCUT2D eigenvalue weighted by atomic mass is 10.00. The zero-order valence-corrected chi connectivity index (χ0v) is 12.6. The van der Waals surface area contributed by atoms with E-state index >= 15 is 0 Å². The van der Waals surface area contributed by atoms with Gasteiger partial charge >= 0.3 is 0 Å². The highest BCUT2D eigenvalue weighted by Gasteiger charge is 2.19. The number of phenolic OH excluding ortho intramolecular Hbond substituents is 2. The predicted octanol–water partition coefficient (Wildman–Crippen LogP) is 2.75. The number of nitrogens with two attached hydrogens (primary N) is 1. The van der Waals surface area contributed by atoms with E-state index in [2.05, 4.69) is 0 Å². The Bertz CT molecular complexity index is 1030. The molecule has 0 aromatic heterocycles. The predicted molar refractivity (Wildman–Crippen MR) is 86.9 cm³/mol. The van der Waals surface area contributed by atoms with E-state index in [9.17, 15) is 23.2 Å². The fraction of sp³-hybridized carbons (Fsp3) is 0. The van der Waals surface area contributed by atoms with E-state index in [1.807, 2.05) is 0 Å². The van der Waals surface area contributed by atoms with Crippen molar-refractivity contribution in [3.63, 3.8) is 0 Å². The first-order valence-electron chi connectivity index (χ1n) is 6.60. The average Bonchev–Trinajstić information content (AvgIpc) is 2.50. The topological polar surface area (TPSA) is 121 Å². The van der Waals surface area contributed by atoms with Gasteiger partial charge in [-0.2, -0.15) is 8.42 Å². The van der Waals surface area contributed by atoms with Crippen molar-refractivity contribution in [1.29, 1.82) is 0 Å².